The molecule has 2 aliphatic carbocycles. The zero-order valence-electron chi connectivity index (χ0n) is 32.1. The molecule has 0 saturated heterocycles. The highest BCUT2D eigenvalue weighted by Gasteiger charge is 2.51. The van der Waals surface area contributed by atoms with Crippen molar-refractivity contribution in [3.05, 3.63) is 235 Å². The number of thiophene rings is 1. The summed E-state index contributed by atoms with van der Waals surface area (Å²) in [5.74, 6) is 0. The maximum atomic E-state index is 2.53. The van der Waals surface area contributed by atoms with Crippen LogP contribution in [0.1, 0.15) is 22.3 Å². The normalized spacial score (nSPS) is 14.8. The summed E-state index contributed by atoms with van der Waals surface area (Å²) in [7, 11) is 0. The van der Waals surface area contributed by atoms with E-state index in [0.29, 0.717) is 0 Å². The van der Waals surface area contributed by atoms with Gasteiger partial charge in [-0.2, -0.15) is 0 Å². The van der Waals surface area contributed by atoms with E-state index in [1.54, 1.807) is 0 Å². The Hall–Kier alpha value is -7.26. The summed E-state index contributed by atoms with van der Waals surface area (Å²) in [5, 5.41) is 7.65. The molecule has 2 aliphatic rings. The molecule has 0 amide bonds. The Kier molecular flexibility index (Phi) is 6.87. The Balaban J connectivity index is 1.15. The Morgan fingerprint density at radius 3 is 1.78 bits per heavy atom. The summed E-state index contributed by atoms with van der Waals surface area (Å²) < 4.78 is 2.62. The number of nitrogens with zero attached hydrogens (tertiary/aromatic N) is 1. The van der Waals surface area contributed by atoms with Crippen LogP contribution < -0.4 is 4.90 Å². The molecule has 0 saturated carbocycles. The maximum Gasteiger partial charge on any atom is 0.0732 e. The molecule has 0 fully saturated rings. The highest BCUT2D eigenvalue weighted by atomic mass is 32.1. The highest BCUT2D eigenvalue weighted by Crippen LogP contribution is 2.64. The monoisotopic (exact) mass is 765 g/mol. The topological polar surface area (TPSA) is 3.24 Å². The van der Waals surface area contributed by atoms with Gasteiger partial charge in [-0.25, -0.2) is 0 Å². The highest BCUT2D eigenvalue weighted by molar-refractivity contribution is 7.25. The third-order valence-electron chi connectivity index (χ3n) is 13.0. The average Bonchev–Trinajstić information content (AvgIpc) is 3.81. The van der Waals surface area contributed by atoms with E-state index in [1.165, 1.54) is 97.4 Å². The minimum atomic E-state index is -0.583. The molecule has 1 aromatic heterocycles. The molecule has 10 aromatic carbocycles. The van der Waals surface area contributed by atoms with Gasteiger partial charge in [-0.15, -0.1) is 11.3 Å². The van der Waals surface area contributed by atoms with Crippen LogP contribution >= 0.6 is 11.3 Å². The lowest BCUT2D eigenvalue weighted by Gasteiger charge is -2.41. The van der Waals surface area contributed by atoms with Crippen molar-refractivity contribution in [2.24, 2.45) is 0 Å². The first kappa shape index (κ1) is 32.8. The molecule has 1 atom stereocenters. The van der Waals surface area contributed by atoms with Crippen LogP contribution in [0.25, 0.3) is 75.1 Å². The first-order valence-corrected chi connectivity index (χ1v) is 21.2. The first-order valence-electron chi connectivity index (χ1n) is 20.4. The molecule has 274 valence electrons. The zero-order valence-corrected chi connectivity index (χ0v) is 32.9. The fourth-order valence-corrected chi connectivity index (χ4v) is 11.7. The van der Waals surface area contributed by atoms with Gasteiger partial charge in [0.25, 0.3) is 0 Å². The van der Waals surface area contributed by atoms with E-state index in [1.807, 2.05) is 11.3 Å². The van der Waals surface area contributed by atoms with E-state index in [-0.39, 0.29) is 0 Å². The quantitative estimate of drug-likeness (QED) is 0.172. The van der Waals surface area contributed by atoms with Crippen molar-refractivity contribution in [2.45, 2.75) is 5.41 Å². The molecular formula is C57H35NS. The third-order valence-corrected chi connectivity index (χ3v) is 14.2. The maximum absolute atomic E-state index is 2.53. The molecule has 59 heavy (non-hydrogen) atoms. The van der Waals surface area contributed by atoms with Gasteiger partial charge < -0.3 is 4.90 Å². The van der Waals surface area contributed by atoms with E-state index >= 15 is 0 Å². The van der Waals surface area contributed by atoms with Crippen LogP contribution in [-0.2, 0) is 5.41 Å². The van der Waals surface area contributed by atoms with E-state index in [0.717, 1.165) is 17.1 Å². The molecule has 1 spiro atoms. The second kappa shape index (κ2) is 12.4. The molecule has 0 aliphatic heterocycles. The molecule has 1 heterocycles. The predicted molar refractivity (Wildman–Crippen MR) is 251 cm³/mol. The molecule has 0 bridgehead atoms. The largest absolute Gasteiger partial charge is 0.310 e. The lowest BCUT2D eigenvalue weighted by molar-refractivity contribution is 0.775. The second-order valence-corrected chi connectivity index (χ2v) is 17.1. The minimum absolute atomic E-state index is 0.583. The van der Waals surface area contributed by atoms with Gasteiger partial charge in [0.2, 0.25) is 0 Å². The lowest BCUT2D eigenvalue weighted by Crippen LogP contribution is -2.32. The Morgan fingerprint density at radius 2 is 0.915 bits per heavy atom. The van der Waals surface area contributed by atoms with Crippen LogP contribution in [-0.4, -0.2) is 0 Å². The van der Waals surface area contributed by atoms with Gasteiger partial charge >= 0.3 is 0 Å². The summed E-state index contributed by atoms with van der Waals surface area (Å²) in [6.07, 6.45) is 0. The third kappa shape index (κ3) is 4.55. The van der Waals surface area contributed by atoms with Crippen LogP contribution in [0, 0.1) is 0 Å². The number of hydrogen-bond donors (Lipinski definition) is 0. The van der Waals surface area contributed by atoms with E-state index < -0.39 is 5.41 Å². The molecule has 1 nitrogen and oxygen atoms in total. The summed E-state index contributed by atoms with van der Waals surface area (Å²) in [6, 6.07) is 79.6. The molecular weight excluding hydrogens is 731 g/mol. The van der Waals surface area contributed by atoms with Gasteiger partial charge in [-0.3, -0.25) is 0 Å². The molecule has 11 aromatic rings. The van der Waals surface area contributed by atoms with Gasteiger partial charge in [0.1, 0.15) is 0 Å². The molecule has 2 heteroatoms. The average molecular weight is 766 g/mol. The van der Waals surface area contributed by atoms with Crippen molar-refractivity contribution < 1.29 is 0 Å². The van der Waals surface area contributed by atoms with Gasteiger partial charge in [-0.05, 0) is 126 Å². The van der Waals surface area contributed by atoms with Crippen molar-refractivity contribution in [3.63, 3.8) is 0 Å². The van der Waals surface area contributed by atoms with Crippen LogP contribution in [0.4, 0.5) is 17.1 Å². The second-order valence-electron chi connectivity index (χ2n) is 16.0. The van der Waals surface area contributed by atoms with Crippen LogP contribution in [0.3, 0.4) is 0 Å². The van der Waals surface area contributed by atoms with Gasteiger partial charge in [0.05, 0.1) is 5.41 Å². The molecule has 13 rings (SSSR count). The zero-order chi connectivity index (χ0) is 38.7. The Bertz CT molecular complexity index is 3520. The molecule has 0 N–H and O–H groups in total. The van der Waals surface area contributed by atoms with Crippen molar-refractivity contribution in [3.8, 4) is 33.4 Å². The van der Waals surface area contributed by atoms with E-state index in [2.05, 4.69) is 217 Å². The molecule has 0 radical (unpaired) electrons. The standard InChI is InChI=1S/C57H35NS/c1-2-14-37(15-3-1)43-30-26-38-17-12-21-48-45-19-7-10-23-51(45)57(56(43)55(38)48)50-22-9-6-18-44(50)46-31-28-42(35-52(46)57)58(40-27-25-36-13-4-5-16-39(36)33-40)41-29-32-54-49(34-41)47-20-8-11-24-53(47)59-54/h1-35H. The minimum Gasteiger partial charge on any atom is -0.310 e. The summed E-state index contributed by atoms with van der Waals surface area (Å²) in [4.78, 5) is 2.48. The van der Waals surface area contributed by atoms with Crippen molar-refractivity contribution in [2.75, 3.05) is 4.90 Å². The number of rotatable bonds is 4. The summed E-state index contributed by atoms with van der Waals surface area (Å²) in [5.41, 5.74) is 15.8. The summed E-state index contributed by atoms with van der Waals surface area (Å²) in [6.45, 7) is 0. The van der Waals surface area contributed by atoms with Crippen LogP contribution in [0.15, 0.2) is 212 Å². The Morgan fingerprint density at radius 1 is 0.339 bits per heavy atom. The van der Waals surface area contributed by atoms with Crippen molar-refractivity contribution in [1.29, 1.82) is 0 Å². The van der Waals surface area contributed by atoms with Gasteiger partial charge in [0, 0.05) is 37.2 Å². The SMILES string of the molecule is c1ccc(-c2ccc3cccc4c3c2C2(c3ccccc3-c3ccc(N(c5ccc6ccccc6c5)c5ccc6sc7ccccc7c6c5)cc32)c2ccccc2-4)cc1. The number of anilines is 3. The van der Waals surface area contributed by atoms with E-state index in [4.69, 9.17) is 0 Å². The number of fused-ring (bicyclic) bond motifs is 13. The smallest absolute Gasteiger partial charge is 0.0732 e. The van der Waals surface area contributed by atoms with Crippen LogP contribution in [0.5, 0.6) is 0 Å². The number of hydrogen-bond acceptors (Lipinski definition) is 2. The lowest BCUT2D eigenvalue weighted by atomic mass is 9.60. The first-order chi connectivity index (χ1) is 29.3. The Labute approximate surface area is 346 Å². The molecule has 1 unspecified atom stereocenters. The van der Waals surface area contributed by atoms with Crippen LogP contribution in [0.2, 0.25) is 0 Å². The fraction of sp³-hybridized carbons (Fsp3) is 0.0175. The van der Waals surface area contributed by atoms with E-state index in [9.17, 15) is 0 Å². The fourth-order valence-electron chi connectivity index (χ4n) is 10.6. The van der Waals surface area contributed by atoms with Gasteiger partial charge in [-0.1, -0.05) is 164 Å². The van der Waals surface area contributed by atoms with Gasteiger partial charge in [0.15, 0.2) is 0 Å². The predicted octanol–water partition coefficient (Wildman–Crippen LogP) is 15.8. The number of benzene rings is 10. The summed E-state index contributed by atoms with van der Waals surface area (Å²) >= 11 is 1.87. The van der Waals surface area contributed by atoms with Crippen molar-refractivity contribution in [1.82, 2.24) is 0 Å². The van der Waals surface area contributed by atoms with Crippen molar-refractivity contribution >= 4 is 70.1 Å².